The van der Waals surface area contributed by atoms with Gasteiger partial charge in [0.15, 0.2) is 0 Å². The monoisotopic (exact) mass is 167 g/mol. The van der Waals surface area contributed by atoms with Crippen molar-refractivity contribution < 1.29 is 0 Å². The summed E-state index contributed by atoms with van der Waals surface area (Å²) < 4.78 is 0. The summed E-state index contributed by atoms with van der Waals surface area (Å²) in [4.78, 5) is 2.39. The van der Waals surface area contributed by atoms with E-state index in [-0.39, 0.29) is 0 Å². The Hall–Kier alpha value is -0.570. The van der Waals surface area contributed by atoms with E-state index in [9.17, 15) is 0 Å². The second-order valence-corrected chi connectivity index (χ2v) is 4.13. The summed E-state index contributed by atoms with van der Waals surface area (Å²) in [7, 11) is 0. The summed E-state index contributed by atoms with van der Waals surface area (Å²) in [5.74, 6) is 1.22. The van der Waals surface area contributed by atoms with E-state index >= 15 is 0 Å². The number of piperidine rings is 2. The molecule has 0 amide bonds. The van der Waals surface area contributed by atoms with Crippen LogP contribution in [0.15, 0.2) is 0 Å². The normalized spacial score (nSPS) is 35.3. The molecule has 12 heavy (non-hydrogen) atoms. The first-order chi connectivity index (χ1) is 5.75. The van der Waals surface area contributed by atoms with Crippen molar-refractivity contribution in [1.82, 2.24) is 4.90 Å². The van der Waals surface area contributed by atoms with Gasteiger partial charge in [-0.05, 0) is 31.6 Å². The van der Waals surface area contributed by atoms with Gasteiger partial charge in [0.2, 0.25) is 0 Å². The smallest absolute Gasteiger partial charge is 0.105 e. The van der Waals surface area contributed by atoms with Gasteiger partial charge < -0.3 is 5.73 Å². The highest BCUT2D eigenvalue weighted by Crippen LogP contribution is 2.34. The molecule has 0 aromatic carbocycles. The van der Waals surface area contributed by atoms with E-state index < -0.39 is 0 Å². The Labute approximate surface area is 73.4 Å². The molecule has 3 aliphatic rings. The van der Waals surface area contributed by atoms with Crippen LogP contribution in [0.4, 0.5) is 0 Å². The third-order valence-electron chi connectivity index (χ3n) is 3.20. The average molecular weight is 167 g/mol. The SMILES string of the molecule is N=C(N)CN1CC2CCC1CC2. The van der Waals surface area contributed by atoms with Crippen molar-refractivity contribution in [3.05, 3.63) is 0 Å². The lowest BCUT2D eigenvalue weighted by molar-refractivity contribution is 0.0626. The van der Waals surface area contributed by atoms with Crippen molar-refractivity contribution in [2.45, 2.75) is 31.7 Å². The molecule has 68 valence electrons. The lowest BCUT2D eigenvalue weighted by atomic mass is 9.80. The Balaban J connectivity index is 1.95. The van der Waals surface area contributed by atoms with E-state index in [4.69, 9.17) is 11.1 Å². The van der Waals surface area contributed by atoms with E-state index in [1.807, 2.05) is 0 Å². The molecule has 0 unspecified atom stereocenters. The van der Waals surface area contributed by atoms with Crippen LogP contribution in [0, 0.1) is 11.3 Å². The minimum Gasteiger partial charge on any atom is -0.387 e. The first-order valence-electron chi connectivity index (χ1n) is 4.82. The summed E-state index contributed by atoms with van der Waals surface area (Å²) in [6.07, 6.45) is 5.47. The van der Waals surface area contributed by atoms with E-state index in [1.54, 1.807) is 0 Å². The zero-order valence-corrected chi connectivity index (χ0v) is 7.42. The van der Waals surface area contributed by atoms with Gasteiger partial charge in [0.1, 0.15) is 5.84 Å². The molecular formula is C9H17N3. The minimum atomic E-state index is 0.322. The molecular weight excluding hydrogens is 150 g/mol. The molecule has 0 aromatic rings. The number of hydrogen-bond acceptors (Lipinski definition) is 2. The first-order valence-corrected chi connectivity index (χ1v) is 4.82. The van der Waals surface area contributed by atoms with Gasteiger partial charge >= 0.3 is 0 Å². The molecule has 2 aliphatic heterocycles. The molecule has 0 radical (unpaired) electrons. The number of nitrogens with zero attached hydrogens (tertiary/aromatic N) is 1. The Morgan fingerprint density at radius 2 is 2.00 bits per heavy atom. The zero-order chi connectivity index (χ0) is 8.55. The van der Waals surface area contributed by atoms with Crippen molar-refractivity contribution >= 4 is 5.84 Å². The molecule has 3 heteroatoms. The third kappa shape index (κ3) is 1.46. The third-order valence-corrected chi connectivity index (χ3v) is 3.20. The summed E-state index contributed by atoms with van der Waals surface area (Å²) in [6.45, 7) is 1.88. The molecule has 0 atom stereocenters. The highest BCUT2D eigenvalue weighted by molar-refractivity contribution is 5.79. The van der Waals surface area contributed by atoms with Crippen molar-refractivity contribution in [3.8, 4) is 0 Å². The van der Waals surface area contributed by atoms with Crippen LogP contribution >= 0.6 is 0 Å². The molecule has 3 N–H and O–H groups in total. The molecule has 0 spiro atoms. The second kappa shape index (κ2) is 3.05. The van der Waals surface area contributed by atoms with E-state index in [0.29, 0.717) is 12.4 Å². The maximum atomic E-state index is 7.25. The predicted molar refractivity (Wildman–Crippen MR) is 49.2 cm³/mol. The number of nitrogens with two attached hydrogens (primary N) is 1. The topological polar surface area (TPSA) is 53.1 Å². The zero-order valence-electron chi connectivity index (χ0n) is 7.42. The summed E-state index contributed by atoms with van der Waals surface area (Å²) >= 11 is 0. The molecule has 1 saturated carbocycles. The Kier molecular flexibility index (Phi) is 2.05. The Bertz CT molecular complexity index is 182. The molecule has 3 fully saturated rings. The lowest BCUT2D eigenvalue weighted by Gasteiger charge is -2.45. The summed E-state index contributed by atoms with van der Waals surface area (Å²) in [5, 5.41) is 7.25. The highest BCUT2D eigenvalue weighted by Gasteiger charge is 2.33. The van der Waals surface area contributed by atoms with Crippen molar-refractivity contribution in [3.63, 3.8) is 0 Å². The average Bonchev–Trinajstić information content (AvgIpc) is 2.05. The minimum absolute atomic E-state index is 0.322. The predicted octanol–water partition coefficient (Wildman–Crippen LogP) is 0.797. The molecule has 2 bridgehead atoms. The molecule has 3 rings (SSSR count). The quantitative estimate of drug-likeness (QED) is 0.472. The van der Waals surface area contributed by atoms with Gasteiger partial charge in [-0.15, -0.1) is 0 Å². The number of amidine groups is 1. The standard InChI is InChI=1S/C9H17N3/c10-9(11)6-12-5-7-1-3-8(12)4-2-7/h7-8H,1-6H2,(H3,10,11). The lowest BCUT2D eigenvalue weighted by Crippen LogP contribution is -2.50. The van der Waals surface area contributed by atoms with Gasteiger partial charge in [-0.1, -0.05) is 0 Å². The number of nitrogens with one attached hydrogen (secondary N) is 1. The molecule has 1 aliphatic carbocycles. The van der Waals surface area contributed by atoms with Crippen LogP contribution < -0.4 is 5.73 Å². The van der Waals surface area contributed by atoms with E-state index in [1.165, 1.54) is 32.2 Å². The maximum Gasteiger partial charge on any atom is 0.105 e. The fourth-order valence-electron chi connectivity index (χ4n) is 2.59. The van der Waals surface area contributed by atoms with Gasteiger partial charge in [0.25, 0.3) is 0 Å². The fourth-order valence-corrected chi connectivity index (χ4v) is 2.59. The Morgan fingerprint density at radius 1 is 1.33 bits per heavy atom. The van der Waals surface area contributed by atoms with Crippen molar-refractivity contribution in [2.75, 3.05) is 13.1 Å². The Morgan fingerprint density at radius 3 is 2.42 bits per heavy atom. The second-order valence-electron chi connectivity index (χ2n) is 4.13. The summed E-state index contributed by atoms with van der Waals surface area (Å²) in [5.41, 5.74) is 5.40. The number of fused-ring (bicyclic) bond motifs is 3. The van der Waals surface area contributed by atoms with Crippen LogP contribution in [0.25, 0.3) is 0 Å². The largest absolute Gasteiger partial charge is 0.387 e. The number of hydrogen-bond donors (Lipinski definition) is 2. The van der Waals surface area contributed by atoms with E-state index in [2.05, 4.69) is 4.90 Å². The van der Waals surface area contributed by atoms with Crippen LogP contribution in [0.1, 0.15) is 25.7 Å². The fraction of sp³-hybridized carbons (Fsp3) is 0.889. The van der Waals surface area contributed by atoms with Gasteiger partial charge in [-0.3, -0.25) is 10.3 Å². The molecule has 0 aromatic heterocycles. The van der Waals surface area contributed by atoms with Gasteiger partial charge in [-0.2, -0.15) is 0 Å². The van der Waals surface area contributed by atoms with Crippen LogP contribution in [0.2, 0.25) is 0 Å². The summed E-state index contributed by atoms with van der Waals surface area (Å²) in [6, 6.07) is 0.735. The van der Waals surface area contributed by atoms with Gasteiger partial charge in [-0.25, -0.2) is 0 Å². The molecule has 2 saturated heterocycles. The van der Waals surface area contributed by atoms with Crippen LogP contribution in [-0.2, 0) is 0 Å². The molecule has 2 heterocycles. The van der Waals surface area contributed by atoms with Crippen molar-refractivity contribution in [1.29, 1.82) is 5.41 Å². The highest BCUT2D eigenvalue weighted by atomic mass is 15.2. The van der Waals surface area contributed by atoms with Crippen LogP contribution in [0.3, 0.4) is 0 Å². The first kappa shape index (κ1) is 8.05. The van der Waals surface area contributed by atoms with E-state index in [0.717, 1.165) is 12.0 Å². The van der Waals surface area contributed by atoms with Gasteiger partial charge in [0.05, 0.1) is 6.54 Å². The molecule has 3 nitrogen and oxygen atoms in total. The van der Waals surface area contributed by atoms with Gasteiger partial charge in [0, 0.05) is 12.6 Å². The maximum absolute atomic E-state index is 7.25. The number of rotatable bonds is 2. The van der Waals surface area contributed by atoms with Crippen LogP contribution in [-0.4, -0.2) is 29.9 Å². The van der Waals surface area contributed by atoms with Crippen molar-refractivity contribution in [2.24, 2.45) is 11.7 Å². The van der Waals surface area contributed by atoms with Crippen LogP contribution in [0.5, 0.6) is 0 Å².